The lowest BCUT2D eigenvalue weighted by atomic mass is 9.97. The highest BCUT2D eigenvalue weighted by Gasteiger charge is 2.51. The first-order valence-electron chi connectivity index (χ1n) is 14.6. The Kier molecular flexibility index (Phi) is 11.2. The van der Waals surface area contributed by atoms with Gasteiger partial charge in [0.15, 0.2) is 17.3 Å². The Balaban J connectivity index is 1.99. The largest absolute Gasteiger partial charge is 0.370 e. The lowest BCUT2D eigenvalue weighted by molar-refractivity contribution is -0.151. The van der Waals surface area contributed by atoms with E-state index in [0.717, 1.165) is 0 Å². The van der Waals surface area contributed by atoms with Crippen molar-refractivity contribution in [2.75, 3.05) is 31.1 Å². The highest BCUT2D eigenvalue weighted by atomic mass is 35.5. The van der Waals surface area contributed by atoms with Crippen molar-refractivity contribution >= 4 is 69.9 Å². The van der Waals surface area contributed by atoms with Crippen LogP contribution in [0.1, 0.15) is 39.8 Å². The molecule has 2 aromatic heterocycles. The van der Waals surface area contributed by atoms with E-state index in [4.69, 9.17) is 62.3 Å². The summed E-state index contributed by atoms with van der Waals surface area (Å²) in [5, 5.41) is 11.3. The molecule has 2 aromatic carbocycles. The first kappa shape index (κ1) is 34.7. The zero-order chi connectivity index (χ0) is 33.1. The van der Waals surface area contributed by atoms with Crippen LogP contribution in [0.5, 0.6) is 0 Å². The lowest BCUT2D eigenvalue weighted by Crippen LogP contribution is -2.69. The maximum atomic E-state index is 15.3. The average molecular weight is 694 g/mol. The van der Waals surface area contributed by atoms with Crippen LogP contribution >= 0.6 is 46.4 Å². The van der Waals surface area contributed by atoms with Gasteiger partial charge in [0, 0.05) is 34.1 Å². The summed E-state index contributed by atoms with van der Waals surface area (Å²) < 4.78 is 3.19. The molecular formula is C31H36Cl4N8O2. The van der Waals surface area contributed by atoms with Gasteiger partial charge >= 0.3 is 0 Å². The molecule has 0 saturated heterocycles. The number of rotatable bonds is 13. The van der Waals surface area contributed by atoms with E-state index in [0.29, 0.717) is 63.3 Å². The molecule has 0 unspecified atom stereocenters. The summed E-state index contributed by atoms with van der Waals surface area (Å²) in [5.74, 6) is -0.529. The van der Waals surface area contributed by atoms with E-state index in [1.54, 1.807) is 64.1 Å². The molecule has 0 radical (unpaired) electrons. The van der Waals surface area contributed by atoms with Gasteiger partial charge in [-0.05, 0) is 69.5 Å². The van der Waals surface area contributed by atoms with E-state index >= 15 is 4.79 Å². The standard InChI is InChI=1S/C31H36Cl4N8O2/c1-6-39(7-2)31(19-27(36)44,40(8-3)9-4)30(45)42(28-14-15-41(37-28)25-12-10-21(32)17-23(25)34)29-16-20(5)43(38-29)26-13-11-22(33)18-24(26)35/h10-18H,6-9,19H2,1-5H3,(H2,36,44). The number of likely N-dealkylation sites (N-methyl/N-ethyl adjacent to an activating group) is 2. The number of anilines is 2. The molecule has 0 aliphatic rings. The number of aryl methyl sites for hydroxylation is 1. The van der Waals surface area contributed by atoms with Crippen molar-refractivity contribution in [2.24, 2.45) is 5.73 Å². The highest BCUT2D eigenvalue weighted by molar-refractivity contribution is 6.36. The van der Waals surface area contributed by atoms with E-state index in [-0.39, 0.29) is 18.1 Å². The van der Waals surface area contributed by atoms with Gasteiger partial charge < -0.3 is 5.73 Å². The van der Waals surface area contributed by atoms with Crippen molar-refractivity contribution in [3.05, 3.63) is 80.5 Å². The van der Waals surface area contributed by atoms with E-state index in [1.807, 2.05) is 44.4 Å². The Labute approximate surface area is 283 Å². The number of primary amides is 1. The van der Waals surface area contributed by atoms with Crippen LogP contribution in [0, 0.1) is 6.92 Å². The van der Waals surface area contributed by atoms with Crippen molar-refractivity contribution in [1.29, 1.82) is 0 Å². The summed E-state index contributed by atoms with van der Waals surface area (Å²) in [6.45, 7) is 11.5. The number of benzene rings is 2. The summed E-state index contributed by atoms with van der Waals surface area (Å²) in [4.78, 5) is 33.4. The molecule has 240 valence electrons. The summed E-state index contributed by atoms with van der Waals surface area (Å²) >= 11 is 25.4. The second kappa shape index (κ2) is 14.5. The molecule has 0 aliphatic heterocycles. The fourth-order valence-corrected chi connectivity index (χ4v) is 6.69. The van der Waals surface area contributed by atoms with E-state index < -0.39 is 17.5 Å². The molecule has 2 amide bonds. The average Bonchev–Trinajstić information content (AvgIpc) is 3.61. The Morgan fingerprint density at radius 2 is 1.31 bits per heavy atom. The molecule has 0 atom stereocenters. The van der Waals surface area contributed by atoms with E-state index in [1.165, 1.54) is 4.90 Å². The predicted molar refractivity (Wildman–Crippen MR) is 181 cm³/mol. The van der Waals surface area contributed by atoms with Gasteiger partial charge in [-0.2, -0.15) is 0 Å². The third kappa shape index (κ3) is 6.86. The smallest absolute Gasteiger partial charge is 0.270 e. The zero-order valence-corrected chi connectivity index (χ0v) is 28.8. The molecule has 0 saturated carbocycles. The number of hydrogen-bond donors (Lipinski definition) is 1. The SMILES string of the molecule is CCN(CC)C(CC(N)=O)(C(=O)N(c1ccn(-c2ccc(Cl)cc2Cl)n1)c1cc(C)n(-c2ccc(Cl)cc2Cl)n1)N(CC)CC. The van der Waals surface area contributed by atoms with Crippen molar-refractivity contribution in [3.8, 4) is 11.4 Å². The molecule has 0 bridgehead atoms. The van der Waals surface area contributed by atoms with Gasteiger partial charge in [0.25, 0.3) is 5.91 Å². The predicted octanol–water partition coefficient (Wildman–Crippen LogP) is 6.90. The van der Waals surface area contributed by atoms with Crippen LogP contribution in [0.3, 0.4) is 0 Å². The van der Waals surface area contributed by atoms with Crippen molar-refractivity contribution in [1.82, 2.24) is 29.4 Å². The molecular weight excluding hydrogens is 658 g/mol. The van der Waals surface area contributed by atoms with Crippen LogP contribution in [0.15, 0.2) is 54.7 Å². The maximum absolute atomic E-state index is 15.3. The molecule has 2 heterocycles. The van der Waals surface area contributed by atoms with E-state index in [9.17, 15) is 4.79 Å². The first-order valence-corrected chi connectivity index (χ1v) is 16.1. The van der Waals surface area contributed by atoms with Gasteiger partial charge in [-0.25, -0.2) is 14.3 Å². The number of carbonyl (C=O) groups is 2. The minimum Gasteiger partial charge on any atom is -0.370 e. The monoisotopic (exact) mass is 692 g/mol. The highest BCUT2D eigenvalue weighted by Crippen LogP contribution is 2.36. The van der Waals surface area contributed by atoms with Crippen molar-refractivity contribution < 1.29 is 9.59 Å². The molecule has 4 aromatic rings. The molecule has 14 heteroatoms. The molecule has 0 fully saturated rings. The van der Waals surface area contributed by atoms with Crippen LogP contribution in [-0.4, -0.2) is 73.0 Å². The lowest BCUT2D eigenvalue weighted by Gasteiger charge is -2.49. The number of carbonyl (C=O) groups excluding carboxylic acids is 2. The quantitative estimate of drug-likeness (QED) is 0.153. The Hall–Kier alpha value is -3.12. The summed E-state index contributed by atoms with van der Waals surface area (Å²) in [6, 6.07) is 13.6. The third-order valence-corrected chi connectivity index (χ3v) is 8.82. The molecule has 45 heavy (non-hydrogen) atoms. The van der Waals surface area contributed by atoms with Crippen molar-refractivity contribution in [2.45, 2.75) is 46.7 Å². The second-order valence-electron chi connectivity index (χ2n) is 10.3. The number of aromatic nitrogens is 4. The maximum Gasteiger partial charge on any atom is 0.270 e. The number of halogens is 4. The summed E-state index contributed by atoms with van der Waals surface area (Å²) in [6.07, 6.45) is 1.44. The number of amides is 2. The Morgan fingerprint density at radius 1 is 0.778 bits per heavy atom. The molecule has 4 rings (SSSR count). The number of nitrogens with zero attached hydrogens (tertiary/aromatic N) is 7. The van der Waals surface area contributed by atoms with Crippen LogP contribution in [-0.2, 0) is 9.59 Å². The second-order valence-corrected chi connectivity index (χ2v) is 12.0. The number of nitrogens with two attached hydrogens (primary N) is 1. The Bertz CT molecular complexity index is 1670. The van der Waals surface area contributed by atoms with Crippen LogP contribution in [0.4, 0.5) is 11.6 Å². The molecule has 0 spiro atoms. The van der Waals surface area contributed by atoms with Gasteiger partial charge in [0.2, 0.25) is 5.91 Å². The van der Waals surface area contributed by atoms with Crippen LogP contribution in [0.2, 0.25) is 20.1 Å². The third-order valence-electron chi connectivity index (χ3n) is 7.74. The minimum absolute atomic E-state index is 0.252. The van der Waals surface area contributed by atoms with Crippen molar-refractivity contribution in [3.63, 3.8) is 0 Å². The summed E-state index contributed by atoms with van der Waals surface area (Å²) in [5.41, 5.74) is 6.26. The molecule has 2 N–H and O–H groups in total. The van der Waals surface area contributed by atoms with Gasteiger partial charge in [-0.15, -0.1) is 10.2 Å². The van der Waals surface area contributed by atoms with Gasteiger partial charge in [0.1, 0.15) is 0 Å². The van der Waals surface area contributed by atoms with Crippen LogP contribution in [0.25, 0.3) is 11.4 Å². The molecule has 10 nitrogen and oxygen atoms in total. The first-order chi connectivity index (χ1) is 21.4. The normalized spacial score (nSPS) is 11.9. The number of hydrogen-bond acceptors (Lipinski definition) is 6. The van der Waals surface area contributed by atoms with Gasteiger partial charge in [-0.3, -0.25) is 19.4 Å². The fourth-order valence-electron chi connectivity index (χ4n) is 5.71. The minimum atomic E-state index is -1.45. The Morgan fingerprint density at radius 3 is 1.80 bits per heavy atom. The zero-order valence-electron chi connectivity index (χ0n) is 25.8. The van der Waals surface area contributed by atoms with Gasteiger partial charge in [-0.1, -0.05) is 74.1 Å². The summed E-state index contributed by atoms with van der Waals surface area (Å²) in [7, 11) is 0. The van der Waals surface area contributed by atoms with Gasteiger partial charge in [0.05, 0.1) is 27.8 Å². The topological polar surface area (TPSA) is 106 Å². The molecule has 0 aliphatic carbocycles. The van der Waals surface area contributed by atoms with E-state index in [2.05, 4.69) is 0 Å². The fraction of sp³-hybridized carbons (Fsp3) is 0.355. The van der Waals surface area contributed by atoms with Crippen LogP contribution < -0.4 is 10.6 Å².